The van der Waals surface area contributed by atoms with Crippen molar-refractivity contribution in [3.8, 4) is 0 Å². The number of aliphatic carboxylic acids is 1. The smallest absolute Gasteiger partial charge is 0.306 e. The van der Waals surface area contributed by atoms with E-state index < -0.39 is 5.97 Å². The number of carboxylic acids is 1. The van der Waals surface area contributed by atoms with Gasteiger partial charge in [-0.1, -0.05) is 20.3 Å². The van der Waals surface area contributed by atoms with Crippen LogP contribution in [0.4, 0.5) is 0 Å². The number of carboxylic acid groups (broad SMARTS) is 1. The zero-order chi connectivity index (χ0) is 12.6. The van der Waals surface area contributed by atoms with E-state index in [1.54, 1.807) is 6.92 Å². The first-order chi connectivity index (χ1) is 8.00. The van der Waals surface area contributed by atoms with Crippen molar-refractivity contribution in [2.45, 2.75) is 46.0 Å². The van der Waals surface area contributed by atoms with Gasteiger partial charge in [-0.3, -0.25) is 9.59 Å². The molecule has 96 valence electrons. The molecule has 1 N–H and O–H groups in total. The van der Waals surface area contributed by atoms with Crippen molar-refractivity contribution in [1.82, 2.24) is 0 Å². The number of hydrogen-bond acceptors (Lipinski definition) is 2. The minimum atomic E-state index is -0.707. The van der Waals surface area contributed by atoms with E-state index in [4.69, 9.17) is 0 Å². The molecule has 0 aromatic rings. The minimum absolute atomic E-state index is 0.206. The van der Waals surface area contributed by atoms with Crippen molar-refractivity contribution in [1.29, 1.82) is 0 Å². The highest BCUT2D eigenvalue weighted by atomic mass is 16.4. The molecule has 0 aromatic heterocycles. The van der Waals surface area contributed by atoms with Crippen LogP contribution in [0.25, 0.3) is 0 Å². The van der Waals surface area contributed by atoms with Crippen LogP contribution in [0.1, 0.15) is 46.0 Å². The third-order valence-corrected chi connectivity index (χ3v) is 5.04. The van der Waals surface area contributed by atoms with Crippen molar-refractivity contribution in [3.63, 3.8) is 0 Å². The molecule has 0 bridgehead atoms. The van der Waals surface area contributed by atoms with Gasteiger partial charge in [-0.2, -0.15) is 0 Å². The van der Waals surface area contributed by atoms with Gasteiger partial charge in [-0.25, -0.2) is 0 Å². The molecule has 0 aromatic carbocycles. The maximum Gasteiger partial charge on any atom is 0.306 e. The van der Waals surface area contributed by atoms with E-state index in [2.05, 4.69) is 6.92 Å². The Balaban J connectivity index is 2.17. The first-order valence-corrected chi connectivity index (χ1v) is 6.75. The first-order valence-electron chi connectivity index (χ1n) is 6.75. The molecule has 2 aliphatic rings. The Morgan fingerprint density at radius 3 is 2.65 bits per heavy atom. The molecule has 0 spiro atoms. The highest BCUT2D eigenvalue weighted by Crippen LogP contribution is 2.48. The predicted octanol–water partition coefficient (Wildman–Crippen LogP) is 2.74. The van der Waals surface area contributed by atoms with Gasteiger partial charge < -0.3 is 5.11 Å². The summed E-state index contributed by atoms with van der Waals surface area (Å²) < 4.78 is 0. The van der Waals surface area contributed by atoms with E-state index >= 15 is 0 Å². The lowest BCUT2D eigenvalue weighted by Crippen LogP contribution is -2.42. The molecular weight excluding hydrogens is 216 g/mol. The van der Waals surface area contributed by atoms with Crippen molar-refractivity contribution in [3.05, 3.63) is 0 Å². The highest BCUT2D eigenvalue weighted by Gasteiger charge is 2.44. The molecule has 0 aliphatic heterocycles. The van der Waals surface area contributed by atoms with Crippen LogP contribution in [0.2, 0.25) is 0 Å². The van der Waals surface area contributed by atoms with Gasteiger partial charge in [0.2, 0.25) is 0 Å². The van der Waals surface area contributed by atoms with Crippen LogP contribution in [0.5, 0.6) is 0 Å². The van der Waals surface area contributed by atoms with Gasteiger partial charge in [0.1, 0.15) is 5.78 Å². The van der Waals surface area contributed by atoms with Gasteiger partial charge in [0.15, 0.2) is 0 Å². The Kier molecular flexibility index (Phi) is 3.55. The summed E-state index contributed by atoms with van der Waals surface area (Å²) in [5.41, 5.74) is 0. The molecule has 2 rings (SSSR count). The van der Waals surface area contributed by atoms with Crippen LogP contribution in [-0.2, 0) is 9.59 Å². The number of fused-ring (bicyclic) bond motifs is 1. The summed E-state index contributed by atoms with van der Waals surface area (Å²) in [6, 6.07) is 0. The normalized spacial score (nSPS) is 39.5. The zero-order valence-electron chi connectivity index (χ0n) is 10.7. The second kappa shape index (κ2) is 4.79. The van der Waals surface area contributed by atoms with Crippen LogP contribution < -0.4 is 0 Å². The lowest BCUT2D eigenvalue weighted by molar-refractivity contribution is -0.147. The van der Waals surface area contributed by atoms with E-state index in [1.807, 2.05) is 0 Å². The highest BCUT2D eigenvalue weighted by molar-refractivity contribution is 5.79. The molecule has 3 nitrogen and oxygen atoms in total. The molecule has 2 saturated carbocycles. The van der Waals surface area contributed by atoms with Crippen molar-refractivity contribution in [2.24, 2.45) is 29.6 Å². The monoisotopic (exact) mass is 238 g/mol. The molecular formula is C14H22O3. The van der Waals surface area contributed by atoms with Crippen LogP contribution in [0.15, 0.2) is 0 Å². The standard InChI is InChI=1S/C14H22O3/c1-8-3-5-12(9(2)14(16)17)13-7-10(15)4-6-11(8)13/h8-9,11-13H,3-7H2,1-2H3,(H,16,17)/t8-,9?,11?,12?,13?/m1/s1. The molecule has 0 heterocycles. The molecule has 0 saturated heterocycles. The number of rotatable bonds is 2. The summed E-state index contributed by atoms with van der Waals surface area (Å²) in [5, 5.41) is 9.17. The van der Waals surface area contributed by atoms with Gasteiger partial charge in [0, 0.05) is 12.8 Å². The van der Waals surface area contributed by atoms with Gasteiger partial charge in [0.05, 0.1) is 5.92 Å². The molecule has 17 heavy (non-hydrogen) atoms. The third-order valence-electron chi connectivity index (χ3n) is 5.04. The van der Waals surface area contributed by atoms with Crippen LogP contribution in [0.3, 0.4) is 0 Å². The Morgan fingerprint density at radius 2 is 2.00 bits per heavy atom. The molecule has 4 unspecified atom stereocenters. The Hall–Kier alpha value is -0.860. The zero-order valence-corrected chi connectivity index (χ0v) is 10.7. The number of ketones is 1. The predicted molar refractivity (Wildman–Crippen MR) is 64.5 cm³/mol. The lowest BCUT2D eigenvalue weighted by Gasteiger charge is -2.45. The molecule has 0 amide bonds. The fourth-order valence-electron chi connectivity index (χ4n) is 3.92. The SMILES string of the molecule is CC(C(=O)O)C1CC[C@@H](C)C2CCC(=O)CC12. The average molecular weight is 238 g/mol. The van der Waals surface area contributed by atoms with Gasteiger partial charge in [-0.05, 0) is 36.5 Å². The van der Waals surface area contributed by atoms with E-state index in [9.17, 15) is 14.7 Å². The summed E-state index contributed by atoms with van der Waals surface area (Å²) in [6.07, 6.45) is 4.41. The lowest BCUT2D eigenvalue weighted by atomic mass is 9.59. The largest absolute Gasteiger partial charge is 0.481 e. The molecule has 0 radical (unpaired) electrons. The van der Waals surface area contributed by atoms with Crippen LogP contribution in [-0.4, -0.2) is 16.9 Å². The van der Waals surface area contributed by atoms with E-state index in [0.29, 0.717) is 36.4 Å². The average Bonchev–Trinajstić information content (AvgIpc) is 2.28. The molecule has 2 aliphatic carbocycles. The molecule has 3 heteroatoms. The van der Waals surface area contributed by atoms with Gasteiger partial charge in [-0.15, -0.1) is 0 Å². The third kappa shape index (κ3) is 2.38. The number of carbonyl (C=O) groups excluding carboxylic acids is 1. The first kappa shape index (κ1) is 12.6. The number of carbonyl (C=O) groups is 2. The topological polar surface area (TPSA) is 54.4 Å². The van der Waals surface area contributed by atoms with Crippen molar-refractivity contribution < 1.29 is 14.7 Å². The van der Waals surface area contributed by atoms with Crippen molar-refractivity contribution >= 4 is 11.8 Å². The quantitative estimate of drug-likeness (QED) is 0.804. The summed E-state index contributed by atoms with van der Waals surface area (Å²) in [7, 11) is 0. The number of hydrogen-bond donors (Lipinski definition) is 1. The van der Waals surface area contributed by atoms with Gasteiger partial charge in [0.25, 0.3) is 0 Å². The Morgan fingerprint density at radius 1 is 1.29 bits per heavy atom. The maximum atomic E-state index is 11.6. The fraction of sp³-hybridized carbons (Fsp3) is 0.857. The second-order valence-corrected chi connectivity index (χ2v) is 5.95. The Labute approximate surface area is 103 Å². The van der Waals surface area contributed by atoms with E-state index in [0.717, 1.165) is 19.3 Å². The van der Waals surface area contributed by atoms with E-state index in [-0.39, 0.29) is 11.8 Å². The van der Waals surface area contributed by atoms with Crippen molar-refractivity contribution in [2.75, 3.05) is 0 Å². The Bertz CT molecular complexity index is 323. The summed E-state index contributed by atoms with van der Waals surface area (Å²) in [6.45, 7) is 4.06. The van der Waals surface area contributed by atoms with E-state index in [1.165, 1.54) is 0 Å². The maximum absolute atomic E-state index is 11.6. The van der Waals surface area contributed by atoms with Crippen LogP contribution >= 0.6 is 0 Å². The summed E-state index contributed by atoms with van der Waals surface area (Å²) in [4.78, 5) is 22.8. The summed E-state index contributed by atoms with van der Waals surface area (Å²) >= 11 is 0. The fourth-order valence-corrected chi connectivity index (χ4v) is 3.92. The van der Waals surface area contributed by atoms with Gasteiger partial charge >= 0.3 is 5.97 Å². The summed E-state index contributed by atoms with van der Waals surface area (Å²) in [5.74, 6) is 1.09. The second-order valence-electron chi connectivity index (χ2n) is 5.95. The van der Waals surface area contributed by atoms with Crippen LogP contribution in [0, 0.1) is 29.6 Å². The number of Topliss-reactive ketones (excluding diaryl/α,β-unsaturated/α-hetero) is 1. The molecule has 5 atom stereocenters. The molecule has 2 fully saturated rings. The minimum Gasteiger partial charge on any atom is -0.481 e.